The van der Waals surface area contributed by atoms with Crippen molar-refractivity contribution in [3.05, 3.63) is 35.4 Å². The highest BCUT2D eigenvalue weighted by Crippen LogP contribution is 2.17. The molecule has 0 bridgehead atoms. The lowest BCUT2D eigenvalue weighted by Crippen LogP contribution is -2.14. The highest BCUT2D eigenvalue weighted by molar-refractivity contribution is 5.99. The fourth-order valence-electron chi connectivity index (χ4n) is 1.22. The third kappa shape index (κ3) is 2.18. The van der Waals surface area contributed by atoms with E-state index in [2.05, 4.69) is 0 Å². The molecule has 4 heteroatoms. The molecule has 78 valence electrons. The Bertz CT molecular complexity index is 423. The fourth-order valence-corrected chi connectivity index (χ4v) is 1.22. The first kappa shape index (κ1) is 11.3. The second-order valence-corrected chi connectivity index (χ2v) is 3.06. The molecule has 1 aromatic carbocycles. The summed E-state index contributed by atoms with van der Waals surface area (Å²) in [7, 11) is 0. The summed E-state index contributed by atoms with van der Waals surface area (Å²) in [5, 5.41) is 8.63. The Hall–Kier alpha value is -1.76. The molecule has 0 heterocycles. The topological polar surface area (TPSA) is 40.9 Å². The van der Waals surface area contributed by atoms with Crippen molar-refractivity contribution in [1.29, 1.82) is 5.26 Å². The maximum absolute atomic E-state index is 13.2. The van der Waals surface area contributed by atoms with Crippen LogP contribution in [0.5, 0.6) is 0 Å². The van der Waals surface area contributed by atoms with Crippen LogP contribution in [-0.2, 0) is 0 Å². The Balaban J connectivity index is 3.13. The Kier molecular flexibility index (Phi) is 3.51. The van der Waals surface area contributed by atoms with Crippen LogP contribution >= 0.6 is 0 Å². The molecule has 1 rings (SSSR count). The van der Waals surface area contributed by atoms with Gasteiger partial charge in [-0.25, -0.2) is 8.78 Å². The van der Waals surface area contributed by atoms with Crippen molar-refractivity contribution in [3.8, 4) is 6.07 Å². The molecule has 2 nitrogen and oxygen atoms in total. The van der Waals surface area contributed by atoms with Gasteiger partial charge in [0.15, 0.2) is 17.4 Å². The average Bonchev–Trinajstić information content (AvgIpc) is 2.23. The van der Waals surface area contributed by atoms with Crippen molar-refractivity contribution in [3.63, 3.8) is 0 Å². The van der Waals surface area contributed by atoms with E-state index >= 15 is 0 Å². The minimum atomic E-state index is -1.18. The maximum Gasteiger partial charge on any atom is 0.183 e. The van der Waals surface area contributed by atoms with Gasteiger partial charge < -0.3 is 0 Å². The summed E-state index contributed by atoms with van der Waals surface area (Å²) in [5.41, 5.74) is -0.358. The highest BCUT2D eigenvalue weighted by atomic mass is 19.2. The lowest BCUT2D eigenvalue weighted by Gasteiger charge is -2.06. The Labute approximate surface area is 86.1 Å². The molecule has 0 fully saturated rings. The molecule has 0 amide bonds. The van der Waals surface area contributed by atoms with E-state index in [4.69, 9.17) is 5.26 Å². The Morgan fingerprint density at radius 1 is 1.53 bits per heavy atom. The van der Waals surface area contributed by atoms with Gasteiger partial charge in [-0.05, 0) is 18.6 Å². The van der Waals surface area contributed by atoms with Gasteiger partial charge in [-0.2, -0.15) is 5.26 Å². The van der Waals surface area contributed by atoms with E-state index < -0.39 is 23.3 Å². The van der Waals surface area contributed by atoms with Gasteiger partial charge >= 0.3 is 0 Å². The van der Waals surface area contributed by atoms with Gasteiger partial charge in [-0.1, -0.05) is 13.0 Å². The zero-order chi connectivity index (χ0) is 11.4. The lowest BCUT2D eigenvalue weighted by molar-refractivity contribution is 0.0941. The van der Waals surface area contributed by atoms with Crippen molar-refractivity contribution >= 4 is 5.78 Å². The van der Waals surface area contributed by atoms with Crippen LogP contribution in [0.15, 0.2) is 18.2 Å². The molecule has 15 heavy (non-hydrogen) atoms. The van der Waals surface area contributed by atoms with Crippen LogP contribution in [0, 0.1) is 28.9 Å². The van der Waals surface area contributed by atoms with Crippen molar-refractivity contribution in [1.82, 2.24) is 0 Å². The number of nitriles is 1. The van der Waals surface area contributed by atoms with Gasteiger partial charge in [0.2, 0.25) is 0 Å². The summed E-state index contributed by atoms with van der Waals surface area (Å²) in [5.74, 6) is -3.84. The number of hydrogen-bond donors (Lipinski definition) is 0. The average molecular weight is 209 g/mol. The summed E-state index contributed by atoms with van der Waals surface area (Å²) in [6.07, 6.45) is 0.283. The first-order valence-electron chi connectivity index (χ1n) is 4.49. The molecule has 0 spiro atoms. The highest BCUT2D eigenvalue weighted by Gasteiger charge is 2.22. The van der Waals surface area contributed by atoms with Gasteiger partial charge in [0.05, 0.1) is 11.6 Å². The van der Waals surface area contributed by atoms with Gasteiger partial charge in [-0.3, -0.25) is 4.79 Å². The predicted molar refractivity (Wildman–Crippen MR) is 50.1 cm³/mol. The molecule has 0 radical (unpaired) electrons. The molecule has 0 saturated heterocycles. The number of nitrogens with zero attached hydrogens (tertiary/aromatic N) is 1. The van der Waals surface area contributed by atoms with Crippen LogP contribution in [0.2, 0.25) is 0 Å². The van der Waals surface area contributed by atoms with Crippen molar-refractivity contribution in [2.75, 3.05) is 0 Å². The van der Waals surface area contributed by atoms with E-state index in [9.17, 15) is 13.6 Å². The molecule has 0 saturated carbocycles. The summed E-state index contributed by atoms with van der Waals surface area (Å²) in [6, 6.07) is 5.12. The first-order valence-corrected chi connectivity index (χ1v) is 4.49. The smallest absolute Gasteiger partial charge is 0.183 e. The van der Waals surface area contributed by atoms with Crippen molar-refractivity contribution in [2.24, 2.45) is 5.92 Å². The molecule has 0 aliphatic heterocycles. The summed E-state index contributed by atoms with van der Waals surface area (Å²) in [6.45, 7) is 1.64. The first-order chi connectivity index (χ1) is 7.11. The summed E-state index contributed by atoms with van der Waals surface area (Å²) >= 11 is 0. The number of halogens is 2. The largest absolute Gasteiger partial charge is 0.293 e. The number of rotatable bonds is 3. The maximum atomic E-state index is 13.2. The molecule has 0 aliphatic rings. The van der Waals surface area contributed by atoms with Crippen LogP contribution in [0.4, 0.5) is 8.78 Å². The van der Waals surface area contributed by atoms with E-state index in [0.717, 1.165) is 6.07 Å². The van der Waals surface area contributed by atoms with Crippen LogP contribution in [0.25, 0.3) is 0 Å². The number of carbonyl (C=O) groups excluding carboxylic acids is 1. The summed E-state index contributed by atoms with van der Waals surface area (Å²) < 4.78 is 26.0. The van der Waals surface area contributed by atoms with Crippen molar-refractivity contribution in [2.45, 2.75) is 13.3 Å². The number of benzene rings is 1. The monoisotopic (exact) mass is 209 g/mol. The second-order valence-electron chi connectivity index (χ2n) is 3.06. The van der Waals surface area contributed by atoms with E-state index in [1.54, 1.807) is 13.0 Å². The molecule has 1 aromatic rings. The number of carbonyl (C=O) groups is 1. The number of Topliss-reactive ketones (excluding diaryl/α,β-unsaturated/α-hetero) is 1. The minimum Gasteiger partial charge on any atom is -0.293 e. The van der Waals surface area contributed by atoms with Gasteiger partial charge in [0.1, 0.15) is 5.92 Å². The van der Waals surface area contributed by atoms with Crippen LogP contribution < -0.4 is 0 Å². The summed E-state index contributed by atoms with van der Waals surface area (Å²) in [4.78, 5) is 11.6. The molecular weight excluding hydrogens is 200 g/mol. The van der Waals surface area contributed by atoms with Crippen LogP contribution in [0.3, 0.4) is 0 Å². The van der Waals surface area contributed by atoms with E-state index in [-0.39, 0.29) is 12.0 Å². The third-order valence-electron chi connectivity index (χ3n) is 2.10. The van der Waals surface area contributed by atoms with Crippen LogP contribution in [0.1, 0.15) is 23.7 Å². The quantitative estimate of drug-likeness (QED) is 0.718. The SMILES string of the molecule is CCC(C#N)C(=O)c1cccc(F)c1F. The predicted octanol–water partition coefficient (Wildman–Crippen LogP) is 2.70. The molecule has 0 aromatic heterocycles. The van der Waals surface area contributed by atoms with Gasteiger partial charge in [-0.15, -0.1) is 0 Å². The molecule has 1 atom stereocenters. The molecule has 0 aliphatic carbocycles. The molecular formula is C11H9F2NO. The zero-order valence-corrected chi connectivity index (χ0v) is 8.13. The third-order valence-corrected chi connectivity index (χ3v) is 2.10. The number of hydrogen-bond acceptors (Lipinski definition) is 2. The normalized spacial score (nSPS) is 11.9. The van der Waals surface area contributed by atoms with Gasteiger partial charge in [0.25, 0.3) is 0 Å². The van der Waals surface area contributed by atoms with Crippen LogP contribution in [-0.4, -0.2) is 5.78 Å². The standard InChI is InChI=1S/C11H9F2NO/c1-2-7(6-14)11(15)8-4-3-5-9(12)10(8)13/h3-5,7H,2H2,1H3. The molecule has 0 N–H and O–H groups in total. The van der Waals surface area contributed by atoms with Crippen molar-refractivity contribution < 1.29 is 13.6 Å². The number of ketones is 1. The fraction of sp³-hybridized carbons (Fsp3) is 0.273. The lowest BCUT2D eigenvalue weighted by atomic mass is 9.96. The van der Waals surface area contributed by atoms with E-state index in [1.807, 2.05) is 0 Å². The minimum absolute atomic E-state index is 0.283. The second kappa shape index (κ2) is 4.65. The van der Waals surface area contributed by atoms with E-state index in [0.29, 0.717) is 0 Å². The molecule has 1 unspecified atom stereocenters. The van der Waals surface area contributed by atoms with Gasteiger partial charge in [0, 0.05) is 0 Å². The van der Waals surface area contributed by atoms with E-state index in [1.165, 1.54) is 12.1 Å². The Morgan fingerprint density at radius 3 is 2.73 bits per heavy atom. The Morgan fingerprint density at radius 2 is 2.20 bits per heavy atom. The zero-order valence-electron chi connectivity index (χ0n) is 8.13.